The molecule has 1 atom stereocenters. The van der Waals surface area contributed by atoms with Gasteiger partial charge in [-0.3, -0.25) is 0 Å². The van der Waals surface area contributed by atoms with Crippen LogP contribution in [0, 0.1) is 0 Å². The molecule has 0 N–H and O–H groups in total. The van der Waals surface area contributed by atoms with Crippen LogP contribution in [-0.2, 0) is 13.6 Å². The van der Waals surface area contributed by atoms with Crippen molar-refractivity contribution < 1.29 is 13.6 Å². The fourth-order valence-electron chi connectivity index (χ4n) is 0.497. The topological polar surface area (TPSA) is 27.7 Å². The van der Waals surface area contributed by atoms with Crippen LogP contribution in [0.15, 0.2) is 0 Å². The molecule has 0 aromatic carbocycles. The molecular formula is C5H10ClO3P. The molecule has 0 aromatic rings. The van der Waals surface area contributed by atoms with Crippen LogP contribution in [0.25, 0.3) is 0 Å². The minimum absolute atomic E-state index is 0.0193. The Hall–Kier alpha value is 0.600. The van der Waals surface area contributed by atoms with Crippen molar-refractivity contribution in [3.8, 4) is 0 Å². The van der Waals surface area contributed by atoms with E-state index in [0.717, 1.165) is 0 Å². The lowest BCUT2D eigenvalue weighted by Gasteiger charge is -2.11. The van der Waals surface area contributed by atoms with Gasteiger partial charge in [-0.2, -0.15) is 0 Å². The highest BCUT2D eigenvalue weighted by molar-refractivity contribution is 7.41. The first kappa shape index (κ1) is 8.69. The van der Waals surface area contributed by atoms with Gasteiger partial charge in [0.25, 0.3) is 0 Å². The molecule has 0 saturated carbocycles. The van der Waals surface area contributed by atoms with E-state index >= 15 is 0 Å². The van der Waals surface area contributed by atoms with Crippen LogP contribution in [0.2, 0.25) is 0 Å². The molecular weight excluding hydrogens is 174 g/mol. The summed E-state index contributed by atoms with van der Waals surface area (Å²) in [6.45, 7) is 3.17. The number of alkyl halides is 1. The molecule has 1 saturated heterocycles. The van der Waals surface area contributed by atoms with Gasteiger partial charge in [-0.05, 0) is 6.92 Å². The second-order valence-electron chi connectivity index (χ2n) is 1.96. The van der Waals surface area contributed by atoms with Crippen LogP contribution in [0.5, 0.6) is 0 Å². The Morgan fingerprint density at radius 2 is 2.20 bits per heavy atom. The zero-order chi connectivity index (χ0) is 7.40. The van der Waals surface area contributed by atoms with Crippen molar-refractivity contribution in [2.45, 2.75) is 13.0 Å². The monoisotopic (exact) mass is 184 g/mol. The van der Waals surface area contributed by atoms with Gasteiger partial charge in [-0.25, -0.2) is 0 Å². The molecule has 0 aromatic heterocycles. The Kier molecular flexibility index (Phi) is 3.89. The maximum absolute atomic E-state index is 5.50. The second kappa shape index (κ2) is 4.47. The highest BCUT2D eigenvalue weighted by atomic mass is 35.5. The lowest BCUT2D eigenvalue weighted by molar-refractivity contribution is 0.199. The molecule has 0 bridgehead atoms. The highest BCUT2D eigenvalue weighted by Gasteiger charge is 2.20. The summed E-state index contributed by atoms with van der Waals surface area (Å²) in [6, 6.07) is 0. The van der Waals surface area contributed by atoms with Crippen LogP contribution >= 0.6 is 20.2 Å². The smallest absolute Gasteiger partial charge is 0.310 e. The maximum atomic E-state index is 5.50. The van der Waals surface area contributed by atoms with Gasteiger partial charge in [0.2, 0.25) is 0 Å². The number of hydrogen-bond donors (Lipinski definition) is 0. The Bertz CT molecular complexity index is 96.9. The number of rotatable bonds is 3. The van der Waals surface area contributed by atoms with Crippen molar-refractivity contribution in [2.24, 2.45) is 0 Å². The van der Waals surface area contributed by atoms with Gasteiger partial charge in [0, 0.05) is 5.88 Å². The molecule has 60 valence electrons. The Labute approximate surface area is 66.6 Å². The molecule has 3 nitrogen and oxygen atoms in total. The molecule has 1 aliphatic heterocycles. The highest BCUT2D eigenvalue weighted by Crippen LogP contribution is 2.44. The van der Waals surface area contributed by atoms with E-state index in [9.17, 15) is 0 Å². The summed E-state index contributed by atoms with van der Waals surface area (Å²) in [6.07, 6.45) is 0.0193. The first-order chi connectivity index (χ1) is 4.83. The molecule has 1 unspecified atom stereocenters. The predicted octanol–water partition coefficient (Wildman–Crippen LogP) is 1.90. The Morgan fingerprint density at radius 3 is 2.70 bits per heavy atom. The van der Waals surface area contributed by atoms with Crippen LogP contribution in [0.3, 0.4) is 0 Å². The van der Waals surface area contributed by atoms with Crippen molar-refractivity contribution in [2.75, 3.05) is 19.1 Å². The lowest BCUT2D eigenvalue weighted by Crippen LogP contribution is -2.05. The summed E-state index contributed by atoms with van der Waals surface area (Å²) in [5.41, 5.74) is 0. The summed E-state index contributed by atoms with van der Waals surface area (Å²) in [4.78, 5) is 0. The van der Waals surface area contributed by atoms with Gasteiger partial charge >= 0.3 is 8.60 Å². The molecule has 0 spiro atoms. The average Bonchev–Trinajstić information content (AvgIpc) is 2.40. The van der Waals surface area contributed by atoms with E-state index < -0.39 is 8.60 Å². The van der Waals surface area contributed by atoms with Crippen LogP contribution in [0.1, 0.15) is 6.92 Å². The van der Waals surface area contributed by atoms with Gasteiger partial charge in [0.15, 0.2) is 0 Å². The van der Waals surface area contributed by atoms with E-state index in [4.69, 9.17) is 25.2 Å². The second-order valence-corrected chi connectivity index (χ2v) is 3.44. The molecule has 1 aliphatic rings. The lowest BCUT2D eigenvalue weighted by atomic mass is 10.5. The standard InChI is InChI=1S/C5H10ClO3P/c1-5(4-6)9-10-7-2-3-8-10/h5H,2-4H2,1H3. The van der Waals surface area contributed by atoms with E-state index in [-0.39, 0.29) is 6.10 Å². The van der Waals surface area contributed by atoms with E-state index in [1.165, 1.54) is 0 Å². The van der Waals surface area contributed by atoms with E-state index in [0.29, 0.717) is 19.1 Å². The third-order valence-electron chi connectivity index (χ3n) is 0.960. The fourth-order valence-corrected chi connectivity index (χ4v) is 1.66. The summed E-state index contributed by atoms with van der Waals surface area (Å²) < 4.78 is 15.4. The SMILES string of the molecule is CC(CCl)OP1OCCO1. The average molecular weight is 185 g/mol. The molecule has 5 heteroatoms. The molecule has 0 aliphatic carbocycles. The van der Waals surface area contributed by atoms with Crippen LogP contribution in [-0.4, -0.2) is 25.2 Å². The van der Waals surface area contributed by atoms with Gasteiger partial charge in [-0.15, -0.1) is 11.6 Å². The van der Waals surface area contributed by atoms with Gasteiger partial charge in [-0.1, -0.05) is 0 Å². The van der Waals surface area contributed by atoms with Crippen LogP contribution < -0.4 is 0 Å². The maximum Gasteiger partial charge on any atom is 0.333 e. The van der Waals surface area contributed by atoms with E-state index in [1.54, 1.807) is 0 Å². The molecule has 1 heterocycles. The molecule has 1 rings (SSSR count). The first-order valence-corrected chi connectivity index (χ1v) is 4.74. The van der Waals surface area contributed by atoms with Crippen LogP contribution in [0.4, 0.5) is 0 Å². The normalized spacial score (nSPS) is 23.4. The Balaban J connectivity index is 2.11. The Morgan fingerprint density at radius 1 is 1.60 bits per heavy atom. The minimum atomic E-state index is -1.07. The molecule has 0 radical (unpaired) electrons. The third kappa shape index (κ3) is 2.69. The first-order valence-electron chi connectivity index (χ1n) is 3.11. The van der Waals surface area contributed by atoms with Crippen molar-refractivity contribution in [1.82, 2.24) is 0 Å². The summed E-state index contributed by atoms with van der Waals surface area (Å²) in [5.74, 6) is 0.478. The summed E-state index contributed by atoms with van der Waals surface area (Å²) in [5, 5.41) is 0. The van der Waals surface area contributed by atoms with Gasteiger partial charge in [0.05, 0.1) is 19.3 Å². The van der Waals surface area contributed by atoms with Gasteiger partial charge in [0.1, 0.15) is 0 Å². The van der Waals surface area contributed by atoms with Crippen molar-refractivity contribution in [3.05, 3.63) is 0 Å². The summed E-state index contributed by atoms with van der Waals surface area (Å²) >= 11 is 5.50. The van der Waals surface area contributed by atoms with Crippen molar-refractivity contribution in [1.29, 1.82) is 0 Å². The third-order valence-corrected chi connectivity index (χ3v) is 2.71. The van der Waals surface area contributed by atoms with Gasteiger partial charge < -0.3 is 13.6 Å². The van der Waals surface area contributed by atoms with E-state index in [1.807, 2.05) is 6.92 Å². The summed E-state index contributed by atoms with van der Waals surface area (Å²) in [7, 11) is -1.07. The predicted molar refractivity (Wildman–Crippen MR) is 40.1 cm³/mol. The fraction of sp³-hybridized carbons (Fsp3) is 1.00. The van der Waals surface area contributed by atoms with Crippen molar-refractivity contribution in [3.63, 3.8) is 0 Å². The number of hydrogen-bond acceptors (Lipinski definition) is 3. The zero-order valence-electron chi connectivity index (χ0n) is 5.75. The molecule has 0 amide bonds. The number of halogens is 1. The zero-order valence-corrected chi connectivity index (χ0v) is 7.40. The quantitative estimate of drug-likeness (QED) is 0.495. The van der Waals surface area contributed by atoms with Crippen molar-refractivity contribution >= 4 is 20.2 Å². The molecule has 1 fully saturated rings. The van der Waals surface area contributed by atoms with E-state index in [2.05, 4.69) is 0 Å². The molecule has 10 heavy (non-hydrogen) atoms. The largest absolute Gasteiger partial charge is 0.333 e. The minimum Gasteiger partial charge on any atom is -0.310 e.